The highest BCUT2D eigenvalue weighted by atomic mass is 16.5. The number of amides is 1. The highest BCUT2D eigenvalue weighted by molar-refractivity contribution is 5.84. The van der Waals surface area contributed by atoms with Crippen LogP contribution in [0.1, 0.15) is 43.9 Å². The number of rotatable bonds is 6. The van der Waals surface area contributed by atoms with Crippen molar-refractivity contribution in [3.8, 4) is 11.5 Å². The SMILES string of the molecule is C=C(C)COc1ccc(/C=C/C23NC(=O)CCN2c2ccc(C)cc2C3(C)C)cc1OC. The van der Waals surface area contributed by atoms with Crippen molar-refractivity contribution in [1.82, 2.24) is 5.32 Å². The summed E-state index contributed by atoms with van der Waals surface area (Å²) in [7, 11) is 1.64. The minimum atomic E-state index is -0.638. The number of hydrogen-bond donors (Lipinski definition) is 1. The van der Waals surface area contributed by atoms with Crippen molar-refractivity contribution >= 4 is 17.7 Å². The van der Waals surface area contributed by atoms with Gasteiger partial charge in [-0.3, -0.25) is 4.79 Å². The number of aryl methyl sites for hydroxylation is 1. The third kappa shape index (κ3) is 3.56. The first-order valence-corrected chi connectivity index (χ1v) is 11.0. The first-order chi connectivity index (χ1) is 15.2. The number of fused-ring (bicyclic) bond motifs is 3. The molecular weight excluding hydrogens is 400 g/mol. The monoisotopic (exact) mass is 432 g/mol. The van der Waals surface area contributed by atoms with Crippen molar-refractivity contribution < 1.29 is 14.3 Å². The maximum atomic E-state index is 12.6. The van der Waals surface area contributed by atoms with Crippen LogP contribution in [0.2, 0.25) is 0 Å². The second-order valence-corrected chi connectivity index (χ2v) is 9.35. The molecule has 1 saturated heterocycles. The summed E-state index contributed by atoms with van der Waals surface area (Å²) in [5.41, 5.74) is 4.63. The van der Waals surface area contributed by atoms with Crippen LogP contribution in [0.25, 0.3) is 6.08 Å². The van der Waals surface area contributed by atoms with Gasteiger partial charge in [0.05, 0.1) is 7.11 Å². The predicted octanol–water partition coefficient (Wildman–Crippen LogP) is 4.99. The van der Waals surface area contributed by atoms with Crippen molar-refractivity contribution in [3.05, 3.63) is 71.3 Å². The van der Waals surface area contributed by atoms with Gasteiger partial charge in [-0.1, -0.05) is 50.3 Å². The molecule has 1 amide bonds. The average molecular weight is 433 g/mol. The van der Waals surface area contributed by atoms with Gasteiger partial charge >= 0.3 is 0 Å². The number of carbonyl (C=O) groups excluding carboxylic acids is 1. The molecule has 168 valence electrons. The number of benzene rings is 2. The van der Waals surface area contributed by atoms with Crippen LogP contribution in [0, 0.1) is 6.92 Å². The Labute approximate surface area is 190 Å². The second kappa shape index (κ2) is 8.05. The molecule has 0 bridgehead atoms. The fraction of sp³-hybridized carbons (Fsp3) is 0.370. The molecule has 2 heterocycles. The summed E-state index contributed by atoms with van der Waals surface area (Å²) in [5, 5.41) is 3.33. The zero-order chi connectivity index (χ0) is 23.1. The zero-order valence-corrected chi connectivity index (χ0v) is 19.6. The molecule has 4 rings (SSSR count). The second-order valence-electron chi connectivity index (χ2n) is 9.35. The first-order valence-electron chi connectivity index (χ1n) is 11.0. The van der Waals surface area contributed by atoms with Gasteiger partial charge in [-0.2, -0.15) is 0 Å². The van der Waals surface area contributed by atoms with Crippen LogP contribution in [0.15, 0.2) is 54.6 Å². The van der Waals surface area contributed by atoms with Gasteiger partial charge in [0.1, 0.15) is 12.3 Å². The fourth-order valence-electron chi connectivity index (χ4n) is 4.79. The summed E-state index contributed by atoms with van der Waals surface area (Å²) in [6.45, 7) is 13.5. The standard InChI is InChI=1S/C27H32N2O3/c1-18(2)17-32-23-10-8-20(16-24(23)31-6)11-13-27-26(4,5)21-15-19(3)7-9-22(21)29(27)14-12-25(30)28-27/h7-11,13,15-16H,1,12,14,17H2,2-6H3,(H,28,30)/b13-11+. The molecule has 1 fully saturated rings. The van der Waals surface area contributed by atoms with E-state index in [1.54, 1.807) is 7.11 Å². The quantitative estimate of drug-likeness (QED) is 0.654. The molecule has 1 unspecified atom stereocenters. The van der Waals surface area contributed by atoms with Gasteiger partial charge in [0.15, 0.2) is 11.5 Å². The van der Waals surface area contributed by atoms with E-state index >= 15 is 0 Å². The number of ether oxygens (including phenoxy) is 2. The van der Waals surface area contributed by atoms with Crippen molar-refractivity contribution in [1.29, 1.82) is 0 Å². The lowest BCUT2D eigenvalue weighted by molar-refractivity contribution is -0.124. The Balaban J connectivity index is 1.73. The van der Waals surface area contributed by atoms with Crippen LogP contribution in [0.4, 0.5) is 5.69 Å². The minimum absolute atomic E-state index is 0.0737. The minimum Gasteiger partial charge on any atom is -0.493 e. The van der Waals surface area contributed by atoms with Gasteiger partial charge in [-0.25, -0.2) is 0 Å². The molecule has 2 aliphatic rings. The highest BCUT2D eigenvalue weighted by Crippen LogP contribution is 2.52. The fourth-order valence-corrected chi connectivity index (χ4v) is 4.79. The van der Waals surface area contributed by atoms with E-state index in [0.29, 0.717) is 31.1 Å². The van der Waals surface area contributed by atoms with Crippen LogP contribution in [0.3, 0.4) is 0 Å². The van der Waals surface area contributed by atoms with Crippen molar-refractivity contribution in [3.63, 3.8) is 0 Å². The Morgan fingerprint density at radius 2 is 2.00 bits per heavy atom. The number of carbonyl (C=O) groups is 1. The van der Waals surface area contributed by atoms with E-state index in [1.807, 2.05) is 25.1 Å². The lowest BCUT2D eigenvalue weighted by Gasteiger charge is -2.49. The van der Waals surface area contributed by atoms with Gasteiger partial charge < -0.3 is 19.7 Å². The summed E-state index contributed by atoms with van der Waals surface area (Å²) in [6, 6.07) is 12.4. The molecule has 2 aromatic rings. The van der Waals surface area contributed by atoms with Crippen molar-refractivity contribution in [2.24, 2.45) is 0 Å². The van der Waals surface area contributed by atoms with Gasteiger partial charge in [0.25, 0.3) is 0 Å². The van der Waals surface area contributed by atoms with Crippen LogP contribution in [-0.4, -0.2) is 31.8 Å². The molecule has 0 radical (unpaired) electrons. The van der Waals surface area contributed by atoms with E-state index in [2.05, 4.69) is 67.9 Å². The lowest BCUT2D eigenvalue weighted by Crippen LogP contribution is -2.68. The molecule has 0 aliphatic carbocycles. The summed E-state index contributed by atoms with van der Waals surface area (Å²) in [6.07, 6.45) is 4.67. The van der Waals surface area contributed by atoms with Crippen molar-refractivity contribution in [2.75, 3.05) is 25.2 Å². The third-order valence-electron chi connectivity index (χ3n) is 6.57. The number of nitrogens with zero attached hydrogens (tertiary/aromatic N) is 1. The molecule has 5 nitrogen and oxygen atoms in total. The van der Waals surface area contributed by atoms with Gasteiger partial charge in [-0.05, 0) is 54.8 Å². The molecule has 32 heavy (non-hydrogen) atoms. The van der Waals surface area contributed by atoms with Crippen LogP contribution < -0.4 is 19.7 Å². The molecule has 1 atom stereocenters. The van der Waals surface area contributed by atoms with Gasteiger partial charge in [-0.15, -0.1) is 0 Å². The molecular formula is C27H32N2O3. The van der Waals surface area contributed by atoms with Crippen LogP contribution >= 0.6 is 0 Å². The Morgan fingerprint density at radius 1 is 1.22 bits per heavy atom. The van der Waals surface area contributed by atoms with Gasteiger partial charge in [0, 0.05) is 24.1 Å². The molecule has 0 aromatic heterocycles. The molecule has 0 saturated carbocycles. The average Bonchev–Trinajstić information content (AvgIpc) is 2.94. The number of methoxy groups -OCH3 is 1. The van der Waals surface area contributed by atoms with Crippen molar-refractivity contribution in [2.45, 2.75) is 45.2 Å². The summed E-state index contributed by atoms with van der Waals surface area (Å²) in [4.78, 5) is 14.9. The molecule has 2 aromatic carbocycles. The topological polar surface area (TPSA) is 50.8 Å². The largest absolute Gasteiger partial charge is 0.493 e. The Hall–Kier alpha value is -3.21. The Kier molecular flexibility index (Phi) is 5.53. The van der Waals surface area contributed by atoms with E-state index < -0.39 is 5.66 Å². The summed E-state index contributed by atoms with van der Waals surface area (Å²) in [5.74, 6) is 1.42. The van der Waals surface area contributed by atoms with Crippen LogP contribution in [0.5, 0.6) is 11.5 Å². The molecule has 2 aliphatic heterocycles. The van der Waals surface area contributed by atoms with E-state index in [0.717, 1.165) is 11.1 Å². The molecule has 0 spiro atoms. The highest BCUT2D eigenvalue weighted by Gasteiger charge is 2.57. The van der Waals surface area contributed by atoms with E-state index in [4.69, 9.17) is 9.47 Å². The lowest BCUT2D eigenvalue weighted by atomic mass is 9.74. The first kappa shape index (κ1) is 22.0. The zero-order valence-electron chi connectivity index (χ0n) is 19.6. The van der Waals surface area contributed by atoms with E-state index in [1.165, 1.54) is 16.8 Å². The number of hydrogen-bond acceptors (Lipinski definition) is 4. The summed E-state index contributed by atoms with van der Waals surface area (Å²) >= 11 is 0. The smallest absolute Gasteiger partial charge is 0.223 e. The van der Waals surface area contributed by atoms with E-state index in [9.17, 15) is 4.79 Å². The third-order valence-corrected chi connectivity index (χ3v) is 6.57. The Bertz CT molecular complexity index is 1100. The Morgan fingerprint density at radius 3 is 2.72 bits per heavy atom. The van der Waals surface area contributed by atoms with E-state index in [-0.39, 0.29) is 11.3 Å². The summed E-state index contributed by atoms with van der Waals surface area (Å²) < 4.78 is 11.3. The normalized spacial score (nSPS) is 21.2. The molecule has 1 N–H and O–H groups in total. The van der Waals surface area contributed by atoms with Crippen LogP contribution in [-0.2, 0) is 10.2 Å². The molecule has 5 heteroatoms. The number of nitrogens with one attached hydrogen (secondary N) is 1. The number of anilines is 1. The maximum Gasteiger partial charge on any atom is 0.223 e. The van der Waals surface area contributed by atoms with Gasteiger partial charge in [0.2, 0.25) is 5.91 Å². The maximum absolute atomic E-state index is 12.6. The predicted molar refractivity (Wildman–Crippen MR) is 129 cm³/mol.